The van der Waals surface area contributed by atoms with Crippen molar-refractivity contribution in [2.45, 2.75) is 118 Å². The van der Waals surface area contributed by atoms with Crippen molar-refractivity contribution in [3.05, 3.63) is 11.6 Å². The minimum atomic E-state index is -0.619. The lowest BCUT2D eigenvalue weighted by Crippen LogP contribution is -2.69. The number of rotatable bonds is 7. The van der Waals surface area contributed by atoms with Crippen LogP contribution in [0.2, 0.25) is 0 Å². The van der Waals surface area contributed by atoms with Gasteiger partial charge in [-0.05, 0) is 110 Å². The molecule has 2 saturated heterocycles. The van der Waals surface area contributed by atoms with Gasteiger partial charge in [0.25, 0.3) is 5.95 Å². The van der Waals surface area contributed by atoms with E-state index in [0.29, 0.717) is 49.5 Å². The standard InChI is InChI=1S/C37H60N6O4/c1-22(2)23(3)33(4)15-16-35(6)25-11-12-28-34(5)20-46-21-37(28,26(25)13-14-36(35,7)29(33)31(44)45)18-27(43-40-32(38)39-41-43)30(34)47-19-24-10-9-17-42(24)8/h13,22-25,27-30H,9-12,14-21H2,1-8H3,(H2,38,40)(H,44,45)/t23-,24?,25+,27-,28+,29-,30+,33-,34+,35-,36+,37?/m1/s1. The van der Waals surface area contributed by atoms with Gasteiger partial charge < -0.3 is 25.2 Å². The lowest BCUT2D eigenvalue weighted by molar-refractivity contribution is -0.253. The van der Waals surface area contributed by atoms with E-state index >= 15 is 0 Å². The fourth-order valence-electron chi connectivity index (χ4n) is 12.9. The van der Waals surface area contributed by atoms with Gasteiger partial charge in [0.05, 0.1) is 31.8 Å². The molecular formula is C37H60N6O4. The summed E-state index contributed by atoms with van der Waals surface area (Å²) in [4.78, 5) is 17.6. The Kier molecular flexibility index (Phi) is 8.00. The molecule has 0 aromatic carbocycles. The molecular weight excluding hydrogens is 592 g/mol. The number of tetrazole rings is 1. The predicted octanol–water partition coefficient (Wildman–Crippen LogP) is 5.86. The van der Waals surface area contributed by atoms with Crippen molar-refractivity contribution in [2.75, 3.05) is 39.1 Å². The molecule has 1 aromatic rings. The monoisotopic (exact) mass is 652 g/mol. The lowest BCUT2D eigenvalue weighted by Gasteiger charge is -2.71. The molecule has 10 nitrogen and oxygen atoms in total. The Hall–Kier alpha value is -2.04. The molecule has 1 aromatic heterocycles. The Labute approximate surface area is 281 Å². The molecule has 2 unspecified atom stereocenters. The van der Waals surface area contributed by atoms with E-state index < -0.39 is 11.9 Å². The number of ether oxygens (including phenoxy) is 2. The number of aromatic nitrogens is 4. The maximum atomic E-state index is 13.4. The van der Waals surface area contributed by atoms with Crippen LogP contribution in [0.25, 0.3) is 0 Å². The minimum absolute atomic E-state index is 0.120. The van der Waals surface area contributed by atoms with E-state index in [0.717, 1.165) is 51.5 Å². The average Bonchev–Trinajstić information content (AvgIpc) is 3.63. The molecule has 2 bridgehead atoms. The molecule has 2 aliphatic heterocycles. The Balaban J connectivity index is 1.30. The first-order valence-corrected chi connectivity index (χ1v) is 18.5. The molecule has 3 heterocycles. The zero-order valence-corrected chi connectivity index (χ0v) is 30.2. The number of nitrogens with zero attached hydrogens (tertiary/aromatic N) is 5. The lowest BCUT2D eigenvalue weighted by atomic mass is 9.34. The van der Waals surface area contributed by atoms with E-state index in [1.165, 1.54) is 12.0 Å². The van der Waals surface area contributed by atoms with Crippen LogP contribution in [0.4, 0.5) is 5.95 Å². The van der Waals surface area contributed by atoms with Crippen LogP contribution in [0.1, 0.15) is 106 Å². The van der Waals surface area contributed by atoms with Gasteiger partial charge >= 0.3 is 5.97 Å². The van der Waals surface area contributed by atoms with E-state index in [2.05, 4.69) is 81.9 Å². The van der Waals surface area contributed by atoms with Crippen molar-refractivity contribution >= 4 is 11.9 Å². The highest BCUT2D eigenvalue weighted by Crippen LogP contribution is 2.75. The van der Waals surface area contributed by atoms with Gasteiger partial charge in [-0.1, -0.05) is 65.2 Å². The molecule has 262 valence electrons. The quantitative estimate of drug-likeness (QED) is 0.348. The molecule has 5 fully saturated rings. The third-order valence-corrected chi connectivity index (χ3v) is 16.0. The summed E-state index contributed by atoms with van der Waals surface area (Å²) >= 11 is 0. The number of aliphatic carboxylic acids is 1. The van der Waals surface area contributed by atoms with Crippen LogP contribution in [0.15, 0.2) is 11.6 Å². The van der Waals surface area contributed by atoms with Crippen molar-refractivity contribution in [3.8, 4) is 0 Å². The largest absolute Gasteiger partial charge is 0.481 e. The number of nitrogen functional groups attached to an aromatic ring is 1. The van der Waals surface area contributed by atoms with Crippen molar-refractivity contribution in [3.63, 3.8) is 0 Å². The summed E-state index contributed by atoms with van der Waals surface area (Å²) in [6.45, 7) is 19.3. The number of nitrogens with two attached hydrogens (primary N) is 1. The Bertz CT molecular complexity index is 1410. The second-order valence-electron chi connectivity index (χ2n) is 18.1. The maximum Gasteiger partial charge on any atom is 0.307 e. The summed E-state index contributed by atoms with van der Waals surface area (Å²) in [5, 5.41) is 24.2. The van der Waals surface area contributed by atoms with Gasteiger partial charge in [0, 0.05) is 16.9 Å². The van der Waals surface area contributed by atoms with Crippen LogP contribution >= 0.6 is 0 Å². The van der Waals surface area contributed by atoms with Crippen molar-refractivity contribution in [2.24, 2.45) is 56.7 Å². The summed E-state index contributed by atoms with van der Waals surface area (Å²) in [6.07, 6.45) is 10.5. The Morgan fingerprint density at radius 3 is 2.53 bits per heavy atom. The van der Waals surface area contributed by atoms with Crippen LogP contribution in [0.5, 0.6) is 0 Å². The zero-order valence-electron chi connectivity index (χ0n) is 30.2. The van der Waals surface area contributed by atoms with Crippen LogP contribution in [-0.2, 0) is 14.3 Å². The summed E-state index contributed by atoms with van der Waals surface area (Å²) in [5.41, 5.74) is 6.42. The number of likely N-dealkylation sites (N-methyl/N-ethyl adjacent to an activating group) is 1. The van der Waals surface area contributed by atoms with Gasteiger partial charge in [0.2, 0.25) is 0 Å². The van der Waals surface area contributed by atoms with E-state index in [-0.39, 0.29) is 45.2 Å². The molecule has 4 aliphatic carbocycles. The average molecular weight is 653 g/mol. The van der Waals surface area contributed by atoms with E-state index in [1.807, 2.05) is 0 Å². The molecule has 0 radical (unpaired) electrons. The fourth-order valence-corrected chi connectivity index (χ4v) is 12.9. The van der Waals surface area contributed by atoms with Crippen LogP contribution in [0, 0.1) is 56.7 Å². The highest BCUT2D eigenvalue weighted by molar-refractivity contribution is 5.73. The van der Waals surface area contributed by atoms with Gasteiger partial charge in [-0.25, -0.2) is 0 Å². The normalized spacial score (nSPS) is 47.1. The number of carboxylic acid groups (broad SMARTS) is 1. The molecule has 6 aliphatic rings. The Morgan fingerprint density at radius 1 is 1.13 bits per heavy atom. The summed E-state index contributed by atoms with van der Waals surface area (Å²) < 4.78 is 13.7. The molecule has 3 N–H and O–H groups in total. The highest BCUT2D eigenvalue weighted by atomic mass is 16.5. The molecule has 7 rings (SSSR count). The number of likely N-dealkylation sites (tertiary alicyclic amines) is 1. The van der Waals surface area contributed by atoms with E-state index in [4.69, 9.17) is 15.2 Å². The number of anilines is 1. The number of allylic oxidation sites excluding steroid dienone is 1. The van der Waals surface area contributed by atoms with Gasteiger partial charge in [-0.2, -0.15) is 4.80 Å². The number of carbonyl (C=O) groups is 1. The third kappa shape index (κ3) is 4.58. The number of hydrogen-bond acceptors (Lipinski definition) is 8. The van der Waals surface area contributed by atoms with Gasteiger partial charge in [-0.15, -0.1) is 5.10 Å². The van der Waals surface area contributed by atoms with Crippen molar-refractivity contribution in [1.82, 2.24) is 25.1 Å². The highest BCUT2D eigenvalue weighted by Gasteiger charge is 2.72. The van der Waals surface area contributed by atoms with Crippen molar-refractivity contribution in [1.29, 1.82) is 0 Å². The molecule has 0 amide bonds. The van der Waals surface area contributed by atoms with Crippen LogP contribution in [0.3, 0.4) is 0 Å². The topological polar surface area (TPSA) is 129 Å². The second-order valence-corrected chi connectivity index (χ2v) is 18.1. The molecule has 12 atom stereocenters. The minimum Gasteiger partial charge on any atom is -0.481 e. The van der Waals surface area contributed by atoms with E-state index in [9.17, 15) is 9.90 Å². The predicted molar refractivity (Wildman–Crippen MR) is 180 cm³/mol. The van der Waals surface area contributed by atoms with Crippen molar-refractivity contribution < 1.29 is 19.4 Å². The van der Waals surface area contributed by atoms with Gasteiger partial charge in [-0.3, -0.25) is 4.79 Å². The SMILES string of the molecule is CC(C)[C@@H](C)[C@@]1(C)CC[C@]2(C)[C@H]3CC[C@@H]4C5(COC[C@]4(C)[C@@H](OCC4CCCN4C)[C@H](n4nnc(N)n4)C5)C3=CC[C@@]2(C)[C@@H]1C(=O)O. The first-order valence-electron chi connectivity index (χ1n) is 18.5. The zero-order chi connectivity index (χ0) is 33.7. The maximum absolute atomic E-state index is 13.4. The first-order chi connectivity index (χ1) is 22.1. The van der Waals surface area contributed by atoms with E-state index in [1.54, 1.807) is 4.80 Å². The molecule has 0 spiro atoms. The van der Waals surface area contributed by atoms with Gasteiger partial charge in [0.1, 0.15) is 6.04 Å². The second kappa shape index (κ2) is 11.2. The van der Waals surface area contributed by atoms with Gasteiger partial charge in [0.15, 0.2) is 0 Å². The van der Waals surface area contributed by atoms with Crippen LogP contribution in [-0.4, -0.2) is 81.7 Å². The van der Waals surface area contributed by atoms with Crippen LogP contribution < -0.4 is 5.73 Å². The number of hydrogen-bond donors (Lipinski definition) is 2. The third-order valence-electron chi connectivity index (χ3n) is 16.0. The molecule has 3 saturated carbocycles. The summed E-state index contributed by atoms with van der Waals surface area (Å²) in [5.74, 6) is 0.619. The number of fused-ring (bicyclic) bond motifs is 3. The molecule has 47 heavy (non-hydrogen) atoms. The first kappa shape index (κ1) is 33.5. The fraction of sp³-hybridized carbons (Fsp3) is 0.892. The summed E-state index contributed by atoms with van der Waals surface area (Å²) in [6, 6.07) is 0.293. The Morgan fingerprint density at radius 2 is 1.89 bits per heavy atom. The smallest absolute Gasteiger partial charge is 0.307 e. The number of carboxylic acids is 1. The summed E-state index contributed by atoms with van der Waals surface area (Å²) in [7, 11) is 2.20. The molecule has 10 heteroatoms.